The third-order valence-corrected chi connectivity index (χ3v) is 1.50. The van der Waals surface area contributed by atoms with Crippen molar-refractivity contribution in [1.82, 2.24) is 4.90 Å². The summed E-state index contributed by atoms with van der Waals surface area (Å²) in [7, 11) is 3.49. The minimum absolute atomic E-state index is 0.0601. The van der Waals surface area contributed by atoms with Gasteiger partial charge in [-0.05, 0) is 12.1 Å². The van der Waals surface area contributed by atoms with Gasteiger partial charge in [0, 0.05) is 20.3 Å². The number of allylic oxidation sites excluding steroid dienone is 1. The minimum Gasteiger partial charge on any atom is -0.461 e. The van der Waals surface area contributed by atoms with Crippen LogP contribution in [0.25, 0.3) is 0 Å². The Hall–Kier alpha value is -2.02. The van der Waals surface area contributed by atoms with Crippen molar-refractivity contribution < 1.29 is 9.21 Å². The van der Waals surface area contributed by atoms with Crippen LogP contribution in [0.2, 0.25) is 0 Å². The Kier molecular flexibility index (Phi) is 3.08. The van der Waals surface area contributed by atoms with E-state index in [1.54, 1.807) is 25.1 Å². The molecule has 0 aliphatic heterocycles. The first-order valence-corrected chi connectivity index (χ1v) is 4.01. The maximum Gasteiger partial charge on any atom is 0.240 e. The molecule has 0 saturated carbocycles. The second-order valence-corrected chi connectivity index (χ2v) is 2.92. The molecule has 72 valence electrons. The molecular weight excluding hydrogens is 180 g/mol. The molecule has 0 fully saturated rings. The summed E-state index contributed by atoms with van der Waals surface area (Å²) in [4.78, 5) is 13.2. The van der Waals surface area contributed by atoms with E-state index in [1.165, 1.54) is 18.5 Å². The maximum absolute atomic E-state index is 11.6. The van der Waals surface area contributed by atoms with Gasteiger partial charge in [-0.3, -0.25) is 4.79 Å². The number of hydrogen-bond donors (Lipinski definition) is 0. The highest BCUT2D eigenvalue weighted by atomic mass is 16.3. The molecular formula is C10H10N2O2. The van der Waals surface area contributed by atoms with E-state index in [2.05, 4.69) is 0 Å². The fourth-order valence-electron chi connectivity index (χ4n) is 0.937. The SMILES string of the molecule is CN(C)/C=C(\C#N)C(=O)c1ccco1. The smallest absolute Gasteiger partial charge is 0.240 e. The zero-order valence-electron chi connectivity index (χ0n) is 8.02. The molecule has 1 heterocycles. The number of nitriles is 1. The summed E-state index contributed by atoms with van der Waals surface area (Å²) >= 11 is 0. The number of furan rings is 1. The third-order valence-electron chi connectivity index (χ3n) is 1.50. The Morgan fingerprint density at radius 2 is 2.36 bits per heavy atom. The van der Waals surface area contributed by atoms with Gasteiger partial charge in [-0.2, -0.15) is 5.26 Å². The van der Waals surface area contributed by atoms with Crippen molar-refractivity contribution in [2.75, 3.05) is 14.1 Å². The second kappa shape index (κ2) is 4.28. The first kappa shape index (κ1) is 10.1. The summed E-state index contributed by atoms with van der Waals surface area (Å²) < 4.78 is 4.90. The summed E-state index contributed by atoms with van der Waals surface area (Å²) in [6.45, 7) is 0. The van der Waals surface area contributed by atoms with Gasteiger partial charge in [-0.25, -0.2) is 0 Å². The van der Waals surface area contributed by atoms with E-state index in [4.69, 9.17) is 9.68 Å². The van der Waals surface area contributed by atoms with Gasteiger partial charge in [-0.15, -0.1) is 0 Å². The van der Waals surface area contributed by atoms with Crippen LogP contribution in [0.4, 0.5) is 0 Å². The summed E-state index contributed by atoms with van der Waals surface area (Å²) in [5.41, 5.74) is 0.0601. The van der Waals surface area contributed by atoms with E-state index in [-0.39, 0.29) is 11.3 Å². The van der Waals surface area contributed by atoms with Crippen molar-refractivity contribution in [2.45, 2.75) is 0 Å². The van der Waals surface area contributed by atoms with Crippen LogP contribution in [0.1, 0.15) is 10.6 Å². The normalized spacial score (nSPS) is 10.8. The lowest BCUT2D eigenvalue weighted by atomic mass is 10.1. The fourth-order valence-corrected chi connectivity index (χ4v) is 0.937. The van der Waals surface area contributed by atoms with Gasteiger partial charge < -0.3 is 9.32 Å². The van der Waals surface area contributed by atoms with Gasteiger partial charge in [0.15, 0.2) is 5.76 Å². The van der Waals surface area contributed by atoms with E-state index >= 15 is 0 Å². The molecule has 1 aromatic heterocycles. The Morgan fingerprint density at radius 1 is 1.64 bits per heavy atom. The van der Waals surface area contributed by atoms with E-state index in [0.717, 1.165) is 0 Å². The first-order chi connectivity index (χ1) is 6.65. The maximum atomic E-state index is 11.6. The lowest BCUT2D eigenvalue weighted by molar-refractivity contribution is 0.101. The monoisotopic (exact) mass is 190 g/mol. The molecule has 14 heavy (non-hydrogen) atoms. The number of ketones is 1. The molecule has 0 atom stereocenters. The van der Waals surface area contributed by atoms with Gasteiger partial charge >= 0.3 is 0 Å². The Balaban J connectivity index is 2.94. The van der Waals surface area contributed by atoms with Crippen LogP contribution in [0, 0.1) is 11.3 Å². The second-order valence-electron chi connectivity index (χ2n) is 2.92. The first-order valence-electron chi connectivity index (χ1n) is 4.01. The molecule has 0 aromatic carbocycles. The predicted molar refractivity (Wildman–Crippen MR) is 50.4 cm³/mol. The molecule has 0 amide bonds. The molecule has 0 bridgehead atoms. The van der Waals surface area contributed by atoms with Crippen LogP contribution in [0.5, 0.6) is 0 Å². The van der Waals surface area contributed by atoms with Crippen LogP contribution in [-0.2, 0) is 0 Å². The summed E-state index contributed by atoms with van der Waals surface area (Å²) in [6, 6.07) is 4.97. The van der Waals surface area contributed by atoms with E-state index < -0.39 is 5.78 Å². The fraction of sp³-hybridized carbons (Fsp3) is 0.200. The molecule has 4 nitrogen and oxygen atoms in total. The average molecular weight is 190 g/mol. The lowest BCUT2D eigenvalue weighted by Crippen LogP contribution is -2.08. The van der Waals surface area contributed by atoms with Crippen molar-refractivity contribution in [3.63, 3.8) is 0 Å². The van der Waals surface area contributed by atoms with Gasteiger partial charge in [-0.1, -0.05) is 0 Å². The van der Waals surface area contributed by atoms with Crippen molar-refractivity contribution >= 4 is 5.78 Å². The standard InChI is InChI=1S/C10H10N2O2/c1-12(2)7-8(6-11)10(13)9-4-3-5-14-9/h3-5,7H,1-2H3/b8-7+. The van der Waals surface area contributed by atoms with Crippen molar-refractivity contribution in [3.05, 3.63) is 35.9 Å². The largest absolute Gasteiger partial charge is 0.461 e. The van der Waals surface area contributed by atoms with Gasteiger partial charge in [0.2, 0.25) is 5.78 Å². The summed E-state index contributed by atoms with van der Waals surface area (Å²) in [6.07, 6.45) is 2.86. The molecule has 4 heteroatoms. The summed E-state index contributed by atoms with van der Waals surface area (Å²) in [5, 5.41) is 8.74. The van der Waals surface area contributed by atoms with Crippen LogP contribution < -0.4 is 0 Å². The number of carbonyl (C=O) groups is 1. The van der Waals surface area contributed by atoms with Crippen molar-refractivity contribution in [1.29, 1.82) is 5.26 Å². The third kappa shape index (κ3) is 2.23. The topological polar surface area (TPSA) is 57.2 Å². The minimum atomic E-state index is -0.397. The number of carbonyl (C=O) groups excluding carboxylic acids is 1. The number of nitrogens with zero attached hydrogens (tertiary/aromatic N) is 2. The molecule has 0 aliphatic rings. The highest BCUT2D eigenvalue weighted by Gasteiger charge is 2.14. The molecule has 0 spiro atoms. The van der Waals surface area contributed by atoms with Gasteiger partial charge in [0.1, 0.15) is 11.6 Å². The Bertz CT molecular complexity index is 383. The quantitative estimate of drug-likeness (QED) is 0.411. The van der Waals surface area contributed by atoms with Crippen LogP contribution in [0.3, 0.4) is 0 Å². The van der Waals surface area contributed by atoms with Crippen molar-refractivity contribution in [3.8, 4) is 6.07 Å². The van der Waals surface area contributed by atoms with Crippen LogP contribution in [0.15, 0.2) is 34.6 Å². The lowest BCUT2D eigenvalue weighted by Gasteiger charge is -2.04. The molecule has 0 unspecified atom stereocenters. The van der Waals surface area contributed by atoms with E-state index in [9.17, 15) is 4.79 Å². The van der Waals surface area contributed by atoms with E-state index in [1.807, 2.05) is 6.07 Å². The molecule has 0 N–H and O–H groups in total. The number of hydrogen-bond acceptors (Lipinski definition) is 4. The number of rotatable bonds is 3. The molecule has 0 aliphatic carbocycles. The zero-order valence-corrected chi connectivity index (χ0v) is 8.02. The Labute approximate surface area is 82.0 Å². The molecule has 0 radical (unpaired) electrons. The van der Waals surface area contributed by atoms with Crippen LogP contribution >= 0.6 is 0 Å². The predicted octanol–water partition coefficient (Wildman–Crippen LogP) is 1.43. The highest BCUT2D eigenvalue weighted by molar-refractivity contribution is 6.09. The molecule has 0 saturated heterocycles. The number of Topliss-reactive ketones (excluding diaryl/α,β-unsaturated/α-hetero) is 1. The van der Waals surface area contributed by atoms with Gasteiger partial charge in [0.25, 0.3) is 0 Å². The van der Waals surface area contributed by atoms with Crippen molar-refractivity contribution in [2.24, 2.45) is 0 Å². The van der Waals surface area contributed by atoms with Gasteiger partial charge in [0.05, 0.1) is 6.26 Å². The molecule has 1 rings (SSSR count). The highest BCUT2D eigenvalue weighted by Crippen LogP contribution is 2.08. The zero-order chi connectivity index (χ0) is 10.6. The van der Waals surface area contributed by atoms with E-state index in [0.29, 0.717) is 0 Å². The molecule has 1 aromatic rings. The van der Waals surface area contributed by atoms with Crippen LogP contribution in [-0.4, -0.2) is 24.8 Å². The summed E-state index contributed by atoms with van der Waals surface area (Å²) in [5.74, 6) is -0.217. The average Bonchev–Trinajstić information content (AvgIpc) is 2.65. The Morgan fingerprint density at radius 3 is 2.79 bits per heavy atom.